The minimum atomic E-state index is -0.654. The monoisotopic (exact) mass is 201 g/mol. The summed E-state index contributed by atoms with van der Waals surface area (Å²) >= 11 is 0. The van der Waals surface area contributed by atoms with Crippen LogP contribution in [0.4, 0.5) is 0 Å². The van der Waals surface area contributed by atoms with E-state index in [1.54, 1.807) is 23.6 Å². The number of amides is 1. The van der Waals surface area contributed by atoms with Gasteiger partial charge in [-0.2, -0.15) is 0 Å². The van der Waals surface area contributed by atoms with Crippen LogP contribution in [0, 0.1) is 6.92 Å². The van der Waals surface area contributed by atoms with E-state index < -0.39 is 5.91 Å². The molecule has 2 aromatic rings. The average molecular weight is 201 g/mol. The zero-order chi connectivity index (χ0) is 10.8. The number of hydrogen-bond acceptors (Lipinski definition) is 2. The molecule has 0 N–H and O–H groups in total. The third-order valence-corrected chi connectivity index (χ3v) is 2.11. The maximum atomic E-state index is 11.3. The first-order valence-corrected chi connectivity index (χ1v) is 4.27. The Balaban J connectivity index is 2.68. The van der Waals surface area contributed by atoms with Gasteiger partial charge in [0.15, 0.2) is 0 Å². The molecule has 0 radical (unpaired) electrons. The number of fused-ring (bicyclic) bond motifs is 1. The van der Waals surface area contributed by atoms with E-state index in [-0.39, 0.29) is 5.69 Å². The van der Waals surface area contributed by atoms with Gasteiger partial charge in [0.2, 0.25) is 0 Å². The molecular formula is C9H7N5O. The van der Waals surface area contributed by atoms with Crippen LogP contribution in [0.3, 0.4) is 0 Å². The van der Waals surface area contributed by atoms with Crippen LogP contribution in [0.1, 0.15) is 16.2 Å². The van der Waals surface area contributed by atoms with Gasteiger partial charge in [0.1, 0.15) is 11.3 Å². The van der Waals surface area contributed by atoms with Crippen molar-refractivity contribution in [3.8, 4) is 0 Å². The van der Waals surface area contributed by atoms with Gasteiger partial charge >= 0.3 is 0 Å². The highest BCUT2D eigenvalue weighted by Crippen LogP contribution is 2.12. The van der Waals surface area contributed by atoms with Crippen molar-refractivity contribution in [1.82, 2.24) is 9.38 Å². The summed E-state index contributed by atoms with van der Waals surface area (Å²) in [5.41, 5.74) is 9.69. The standard InChI is InChI=1S/C9H7N5O/c1-6-8(9(15)12-13-10)11-7-4-2-3-5-14(6)7/h2-5H,1H3. The molecule has 74 valence electrons. The number of imidazole rings is 1. The fraction of sp³-hybridized carbons (Fsp3) is 0.111. The van der Waals surface area contributed by atoms with Crippen LogP contribution in [0.25, 0.3) is 16.1 Å². The first-order chi connectivity index (χ1) is 7.24. The summed E-state index contributed by atoms with van der Waals surface area (Å²) in [5, 5.41) is 3.02. The Morgan fingerprint density at radius 2 is 2.40 bits per heavy atom. The molecule has 0 saturated carbocycles. The molecule has 0 bridgehead atoms. The summed E-state index contributed by atoms with van der Waals surface area (Å²) in [6, 6.07) is 5.44. The molecule has 0 saturated heterocycles. The van der Waals surface area contributed by atoms with Crippen LogP contribution in [0.5, 0.6) is 0 Å². The van der Waals surface area contributed by atoms with Crippen LogP contribution in [0.2, 0.25) is 0 Å². The van der Waals surface area contributed by atoms with Crippen LogP contribution >= 0.6 is 0 Å². The molecule has 0 aliphatic carbocycles. The first-order valence-electron chi connectivity index (χ1n) is 4.27. The predicted octanol–water partition coefficient (Wildman–Crippen LogP) is 2.09. The van der Waals surface area contributed by atoms with E-state index >= 15 is 0 Å². The fourth-order valence-corrected chi connectivity index (χ4v) is 1.41. The SMILES string of the molecule is Cc1c(C(=O)N=[N+]=[N-])nc2ccccn12. The van der Waals surface area contributed by atoms with E-state index in [9.17, 15) is 4.79 Å². The third-order valence-electron chi connectivity index (χ3n) is 2.11. The molecule has 1 amide bonds. The predicted molar refractivity (Wildman–Crippen MR) is 53.4 cm³/mol. The van der Waals surface area contributed by atoms with Crippen molar-refractivity contribution in [1.29, 1.82) is 0 Å². The number of azide groups is 1. The van der Waals surface area contributed by atoms with Gasteiger partial charge < -0.3 is 4.40 Å². The number of aryl methyl sites for hydroxylation is 1. The second-order valence-electron chi connectivity index (χ2n) is 2.97. The van der Waals surface area contributed by atoms with Gasteiger partial charge in [-0.05, 0) is 29.7 Å². The molecule has 0 spiro atoms. The highest BCUT2D eigenvalue weighted by molar-refractivity contribution is 5.94. The summed E-state index contributed by atoms with van der Waals surface area (Å²) in [7, 11) is 0. The lowest BCUT2D eigenvalue weighted by Gasteiger charge is -1.93. The lowest BCUT2D eigenvalue weighted by molar-refractivity contribution is 0.0995. The lowest BCUT2D eigenvalue weighted by atomic mass is 10.3. The highest BCUT2D eigenvalue weighted by Gasteiger charge is 2.13. The molecule has 6 heteroatoms. The molecule has 0 unspecified atom stereocenters. The maximum absolute atomic E-state index is 11.3. The van der Waals surface area contributed by atoms with Crippen LogP contribution in [-0.2, 0) is 0 Å². The van der Waals surface area contributed by atoms with E-state index in [4.69, 9.17) is 5.53 Å². The number of carbonyl (C=O) groups is 1. The molecular weight excluding hydrogens is 194 g/mol. The molecule has 15 heavy (non-hydrogen) atoms. The van der Waals surface area contributed by atoms with Gasteiger partial charge in [0.05, 0.1) is 5.69 Å². The van der Waals surface area contributed by atoms with E-state index in [0.717, 1.165) is 0 Å². The molecule has 2 aromatic heterocycles. The minimum absolute atomic E-state index is 0.194. The number of hydrogen-bond donors (Lipinski definition) is 0. The average Bonchev–Trinajstić information content (AvgIpc) is 2.57. The van der Waals surface area contributed by atoms with Crippen molar-refractivity contribution in [3.63, 3.8) is 0 Å². The Labute approximate surface area is 84.8 Å². The van der Waals surface area contributed by atoms with Gasteiger partial charge in [-0.15, -0.1) is 0 Å². The minimum Gasteiger partial charge on any atom is -0.304 e. The van der Waals surface area contributed by atoms with E-state index in [1.165, 1.54) is 0 Å². The van der Waals surface area contributed by atoms with E-state index in [2.05, 4.69) is 15.0 Å². The Morgan fingerprint density at radius 3 is 3.07 bits per heavy atom. The first kappa shape index (κ1) is 9.23. The van der Waals surface area contributed by atoms with Crippen molar-refractivity contribution in [2.45, 2.75) is 6.92 Å². The number of rotatable bonds is 1. The second-order valence-corrected chi connectivity index (χ2v) is 2.97. The van der Waals surface area contributed by atoms with Gasteiger partial charge in [0, 0.05) is 11.1 Å². The van der Waals surface area contributed by atoms with Gasteiger partial charge in [-0.3, -0.25) is 4.79 Å². The number of carbonyl (C=O) groups excluding carboxylic acids is 1. The van der Waals surface area contributed by atoms with Crippen molar-refractivity contribution < 1.29 is 4.79 Å². The van der Waals surface area contributed by atoms with Crippen molar-refractivity contribution in [2.24, 2.45) is 5.11 Å². The molecule has 0 aliphatic rings. The Morgan fingerprint density at radius 1 is 1.60 bits per heavy atom. The van der Waals surface area contributed by atoms with Crippen molar-refractivity contribution >= 4 is 11.6 Å². The van der Waals surface area contributed by atoms with E-state index in [0.29, 0.717) is 11.3 Å². The molecule has 2 heterocycles. The van der Waals surface area contributed by atoms with Crippen LogP contribution in [0.15, 0.2) is 29.5 Å². The summed E-state index contributed by atoms with van der Waals surface area (Å²) in [6.45, 7) is 1.75. The number of aromatic nitrogens is 2. The quantitative estimate of drug-likeness (QED) is 0.402. The molecule has 0 fully saturated rings. The number of pyridine rings is 1. The van der Waals surface area contributed by atoms with Gasteiger partial charge in [-0.25, -0.2) is 4.98 Å². The molecule has 0 aliphatic heterocycles. The van der Waals surface area contributed by atoms with Crippen LogP contribution in [-0.4, -0.2) is 15.3 Å². The third kappa shape index (κ3) is 1.43. The zero-order valence-electron chi connectivity index (χ0n) is 7.95. The topological polar surface area (TPSA) is 83.1 Å². The summed E-state index contributed by atoms with van der Waals surface area (Å²) < 4.78 is 1.76. The van der Waals surface area contributed by atoms with Crippen molar-refractivity contribution in [2.75, 3.05) is 0 Å². The normalized spacial score (nSPS) is 9.93. The smallest absolute Gasteiger partial charge is 0.269 e. The summed E-state index contributed by atoms with van der Waals surface area (Å²) in [6.07, 6.45) is 1.80. The van der Waals surface area contributed by atoms with Crippen molar-refractivity contribution in [3.05, 3.63) is 46.2 Å². The molecule has 0 aromatic carbocycles. The zero-order valence-corrected chi connectivity index (χ0v) is 7.95. The summed E-state index contributed by atoms with van der Waals surface area (Å²) in [4.78, 5) is 17.9. The Bertz CT molecular complexity index is 579. The number of nitrogens with zero attached hydrogens (tertiary/aromatic N) is 5. The Hall–Kier alpha value is -2.33. The Kier molecular flexibility index (Phi) is 2.11. The second kappa shape index (κ2) is 3.43. The molecule has 2 rings (SSSR count). The largest absolute Gasteiger partial charge is 0.304 e. The summed E-state index contributed by atoms with van der Waals surface area (Å²) in [5.74, 6) is -0.654. The molecule has 0 atom stereocenters. The lowest BCUT2D eigenvalue weighted by Crippen LogP contribution is -1.97. The van der Waals surface area contributed by atoms with Gasteiger partial charge in [-0.1, -0.05) is 6.07 Å². The highest BCUT2D eigenvalue weighted by atomic mass is 16.1. The van der Waals surface area contributed by atoms with Gasteiger partial charge in [0.25, 0.3) is 5.91 Å². The fourth-order valence-electron chi connectivity index (χ4n) is 1.41. The van der Waals surface area contributed by atoms with E-state index in [1.807, 2.05) is 12.1 Å². The maximum Gasteiger partial charge on any atom is 0.269 e. The molecule has 6 nitrogen and oxygen atoms in total. The van der Waals surface area contributed by atoms with Crippen LogP contribution < -0.4 is 0 Å².